The van der Waals surface area contributed by atoms with Crippen LogP contribution in [0.2, 0.25) is 0 Å². The summed E-state index contributed by atoms with van der Waals surface area (Å²) in [7, 11) is -4.03. The van der Waals surface area contributed by atoms with Gasteiger partial charge in [-0.05, 0) is 18.1 Å². The van der Waals surface area contributed by atoms with Gasteiger partial charge in [0.1, 0.15) is 0 Å². The van der Waals surface area contributed by atoms with E-state index < -0.39 is 28.4 Å². The van der Waals surface area contributed by atoms with Crippen molar-refractivity contribution in [2.75, 3.05) is 17.2 Å². The maximum Gasteiger partial charge on any atom is 0.390 e. The van der Waals surface area contributed by atoms with Gasteiger partial charge in [-0.15, -0.1) is 0 Å². The third-order valence-electron chi connectivity index (χ3n) is 3.32. The van der Waals surface area contributed by atoms with Gasteiger partial charge in [0.2, 0.25) is 15.9 Å². The second-order valence-electron chi connectivity index (χ2n) is 5.21. The highest BCUT2D eigenvalue weighted by Crippen LogP contribution is 2.22. The second-order valence-corrected chi connectivity index (χ2v) is 7.13. The van der Waals surface area contributed by atoms with Gasteiger partial charge in [0.05, 0.1) is 24.1 Å². The third-order valence-corrected chi connectivity index (χ3v) is 4.64. The molecule has 0 bridgehead atoms. The van der Waals surface area contributed by atoms with Crippen molar-refractivity contribution >= 4 is 21.6 Å². The van der Waals surface area contributed by atoms with E-state index in [1.54, 1.807) is 11.0 Å². The van der Waals surface area contributed by atoms with Crippen LogP contribution < -0.4 is 9.62 Å². The van der Waals surface area contributed by atoms with E-state index in [1.165, 1.54) is 12.4 Å². The monoisotopic (exact) mass is 351 g/mol. The Kier molecular flexibility index (Phi) is 5.25. The first-order chi connectivity index (χ1) is 10.7. The molecule has 1 aliphatic heterocycles. The molecular formula is C13H16F3N3O3S. The number of halogens is 3. The topological polar surface area (TPSA) is 79.4 Å². The number of sulfonamides is 1. The van der Waals surface area contributed by atoms with Crippen molar-refractivity contribution in [3.63, 3.8) is 0 Å². The first-order valence-electron chi connectivity index (χ1n) is 6.95. The van der Waals surface area contributed by atoms with Crippen LogP contribution >= 0.6 is 0 Å². The fourth-order valence-corrected chi connectivity index (χ4v) is 3.19. The van der Waals surface area contributed by atoms with Crippen molar-refractivity contribution in [3.05, 3.63) is 24.0 Å². The van der Waals surface area contributed by atoms with Crippen molar-refractivity contribution in [2.24, 2.45) is 0 Å². The molecule has 128 valence electrons. The molecule has 1 amide bonds. The highest BCUT2D eigenvalue weighted by atomic mass is 32.2. The Morgan fingerprint density at radius 2 is 2.04 bits per heavy atom. The van der Waals surface area contributed by atoms with Crippen molar-refractivity contribution in [3.8, 4) is 0 Å². The predicted molar refractivity (Wildman–Crippen MR) is 77.1 cm³/mol. The SMILES string of the molecule is O=C1CCCN1c1cncc(CNS(=O)(=O)CCC(F)(F)F)c1. The van der Waals surface area contributed by atoms with Gasteiger partial charge in [0, 0.05) is 25.7 Å². The number of nitrogens with zero attached hydrogens (tertiary/aromatic N) is 2. The molecule has 2 heterocycles. The summed E-state index contributed by atoms with van der Waals surface area (Å²) in [5.74, 6) is -1.05. The molecule has 0 unspecified atom stereocenters. The molecule has 1 fully saturated rings. The first-order valence-corrected chi connectivity index (χ1v) is 8.60. The lowest BCUT2D eigenvalue weighted by atomic mass is 10.2. The lowest BCUT2D eigenvalue weighted by molar-refractivity contribution is -0.130. The number of aromatic nitrogens is 1. The van der Waals surface area contributed by atoms with Gasteiger partial charge in [-0.3, -0.25) is 9.78 Å². The van der Waals surface area contributed by atoms with Gasteiger partial charge >= 0.3 is 6.18 Å². The van der Waals surface area contributed by atoms with Crippen LogP contribution in [0.25, 0.3) is 0 Å². The Balaban J connectivity index is 1.97. The molecule has 6 nitrogen and oxygen atoms in total. The fourth-order valence-electron chi connectivity index (χ4n) is 2.15. The molecule has 23 heavy (non-hydrogen) atoms. The van der Waals surface area contributed by atoms with E-state index in [4.69, 9.17) is 0 Å². The Morgan fingerprint density at radius 1 is 1.30 bits per heavy atom. The molecule has 1 aromatic rings. The summed E-state index contributed by atoms with van der Waals surface area (Å²) >= 11 is 0. The molecule has 1 N–H and O–H groups in total. The minimum atomic E-state index is -4.52. The lowest BCUT2D eigenvalue weighted by Crippen LogP contribution is -2.29. The molecule has 1 aliphatic rings. The number of hydrogen-bond acceptors (Lipinski definition) is 4. The zero-order chi connectivity index (χ0) is 17.1. The summed E-state index contributed by atoms with van der Waals surface area (Å²) in [4.78, 5) is 17.2. The Hall–Kier alpha value is -1.68. The number of carbonyl (C=O) groups is 1. The van der Waals surface area contributed by atoms with Gasteiger partial charge in [-0.25, -0.2) is 13.1 Å². The number of rotatable bonds is 6. The maximum atomic E-state index is 12.1. The van der Waals surface area contributed by atoms with Gasteiger partial charge in [-0.1, -0.05) is 0 Å². The van der Waals surface area contributed by atoms with Crippen molar-refractivity contribution in [2.45, 2.75) is 32.0 Å². The number of carbonyl (C=O) groups excluding carboxylic acids is 1. The molecule has 1 aromatic heterocycles. The van der Waals surface area contributed by atoms with Crippen molar-refractivity contribution < 1.29 is 26.4 Å². The lowest BCUT2D eigenvalue weighted by Gasteiger charge is -2.16. The first kappa shape index (κ1) is 17.7. The molecule has 10 heteroatoms. The van der Waals surface area contributed by atoms with Crippen LogP contribution in [-0.2, 0) is 21.4 Å². The summed E-state index contributed by atoms with van der Waals surface area (Å²) < 4.78 is 61.4. The smallest absolute Gasteiger partial charge is 0.311 e. The fraction of sp³-hybridized carbons (Fsp3) is 0.538. The second kappa shape index (κ2) is 6.83. The van der Waals surface area contributed by atoms with Crippen LogP contribution in [0.1, 0.15) is 24.8 Å². The van der Waals surface area contributed by atoms with Crippen molar-refractivity contribution in [1.82, 2.24) is 9.71 Å². The highest BCUT2D eigenvalue weighted by molar-refractivity contribution is 7.89. The van der Waals surface area contributed by atoms with Crippen LogP contribution in [-0.4, -0.2) is 37.8 Å². The van der Waals surface area contributed by atoms with Crippen LogP contribution in [0.4, 0.5) is 18.9 Å². The van der Waals surface area contributed by atoms with E-state index in [9.17, 15) is 26.4 Å². The summed E-state index contributed by atoms with van der Waals surface area (Å²) in [5, 5.41) is 0. The number of nitrogens with one attached hydrogen (secondary N) is 1. The zero-order valence-corrected chi connectivity index (χ0v) is 13.0. The molecule has 0 atom stereocenters. The molecule has 0 aromatic carbocycles. The number of alkyl halides is 3. The van der Waals surface area contributed by atoms with E-state index in [0.29, 0.717) is 24.2 Å². The zero-order valence-electron chi connectivity index (χ0n) is 12.1. The van der Waals surface area contributed by atoms with Crippen LogP contribution in [0.15, 0.2) is 18.5 Å². The molecular weight excluding hydrogens is 335 g/mol. The molecule has 0 spiro atoms. The summed E-state index contributed by atoms with van der Waals surface area (Å²) in [6.45, 7) is 0.393. The van der Waals surface area contributed by atoms with Gasteiger partial charge in [-0.2, -0.15) is 13.2 Å². The van der Waals surface area contributed by atoms with E-state index in [0.717, 1.165) is 6.42 Å². The minimum absolute atomic E-state index is 0.0327. The quantitative estimate of drug-likeness (QED) is 0.844. The number of amides is 1. The summed E-state index contributed by atoms with van der Waals surface area (Å²) in [5.41, 5.74) is 1.03. The predicted octanol–water partition coefficient (Wildman–Crippen LogP) is 1.58. The van der Waals surface area contributed by atoms with Crippen LogP contribution in [0.3, 0.4) is 0 Å². The largest absolute Gasteiger partial charge is 0.390 e. The van der Waals surface area contributed by atoms with E-state index in [-0.39, 0.29) is 12.5 Å². The Labute approximate surface area is 131 Å². The minimum Gasteiger partial charge on any atom is -0.311 e. The average Bonchev–Trinajstić information content (AvgIpc) is 2.89. The standard InChI is InChI=1S/C13H16F3N3O3S/c14-13(15,16)3-5-23(21,22)18-8-10-6-11(9-17-7-10)19-4-1-2-12(19)20/h6-7,9,18H,1-5,8H2. The Morgan fingerprint density at radius 3 is 2.65 bits per heavy atom. The normalized spacial score (nSPS) is 16.1. The van der Waals surface area contributed by atoms with Crippen molar-refractivity contribution in [1.29, 1.82) is 0 Å². The van der Waals surface area contributed by atoms with Gasteiger partial charge in [0.25, 0.3) is 0 Å². The van der Waals surface area contributed by atoms with Crippen LogP contribution in [0, 0.1) is 0 Å². The average molecular weight is 351 g/mol. The molecule has 0 radical (unpaired) electrons. The third kappa shape index (κ3) is 5.47. The molecule has 0 saturated carbocycles. The summed E-state index contributed by atoms with van der Waals surface area (Å²) in [6, 6.07) is 1.60. The van der Waals surface area contributed by atoms with E-state index >= 15 is 0 Å². The molecule has 1 saturated heterocycles. The number of anilines is 1. The van der Waals surface area contributed by atoms with Gasteiger partial charge < -0.3 is 4.90 Å². The summed E-state index contributed by atoms with van der Waals surface area (Å²) in [6.07, 6.45) is -1.84. The van der Waals surface area contributed by atoms with E-state index in [2.05, 4.69) is 9.71 Å². The van der Waals surface area contributed by atoms with Crippen LogP contribution in [0.5, 0.6) is 0 Å². The highest BCUT2D eigenvalue weighted by Gasteiger charge is 2.29. The maximum absolute atomic E-state index is 12.1. The van der Waals surface area contributed by atoms with Gasteiger partial charge in [0.15, 0.2) is 0 Å². The van der Waals surface area contributed by atoms with E-state index in [1.807, 2.05) is 0 Å². The molecule has 0 aliphatic carbocycles. The number of hydrogen-bond donors (Lipinski definition) is 1. The number of pyridine rings is 1. The Bertz CT molecular complexity index is 677. The molecule has 2 rings (SSSR count).